The average Bonchev–Trinajstić information content (AvgIpc) is 2.94. The van der Waals surface area contributed by atoms with Crippen LogP contribution in [0.25, 0.3) is 11.3 Å². The van der Waals surface area contributed by atoms with E-state index in [-0.39, 0.29) is 12.0 Å². The molecule has 0 bridgehead atoms. The van der Waals surface area contributed by atoms with Crippen molar-refractivity contribution in [1.29, 1.82) is 0 Å². The van der Waals surface area contributed by atoms with Gasteiger partial charge in [0.25, 0.3) is 0 Å². The van der Waals surface area contributed by atoms with E-state index >= 15 is 0 Å². The third-order valence-electron chi connectivity index (χ3n) is 3.40. The van der Waals surface area contributed by atoms with Gasteiger partial charge in [0, 0.05) is 17.4 Å². The number of nitrogens with zero attached hydrogens (tertiary/aromatic N) is 1. The van der Waals surface area contributed by atoms with E-state index in [1.807, 2.05) is 30.0 Å². The Labute approximate surface area is 127 Å². The number of hydrogen-bond acceptors (Lipinski definition) is 6. The predicted molar refractivity (Wildman–Crippen MR) is 83.9 cm³/mol. The summed E-state index contributed by atoms with van der Waals surface area (Å²) in [5.41, 5.74) is 7.06. The summed E-state index contributed by atoms with van der Waals surface area (Å²) in [4.78, 5) is 0. The lowest BCUT2D eigenvalue weighted by Crippen LogP contribution is -2.23. The second-order valence-electron chi connectivity index (χ2n) is 4.91. The third-order valence-corrected chi connectivity index (χ3v) is 4.58. The second-order valence-corrected chi connectivity index (χ2v) is 6.06. The molecular formula is C15H18N2O3S. The molecule has 2 heterocycles. The van der Waals surface area contributed by atoms with Crippen LogP contribution >= 0.6 is 11.8 Å². The Bertz CT molecular complexity index is 609. The first-order valence-corrected chi connectivity index (χ1v) is 8.07. The normalized spacial score (nSPS) is 18.4. The van der Waals surface area contributed by atoms with Crippen LogP contribution in [0.3, 0.4) is 0 Å². The number of ether oxygens (including phenoxy) is 2. The molecule has 2 N–H and O–H groups in total. The van der Waals surface area contributed by atoms with E-state index in [0.717, 1.165) is 23.5 Å². The van der Waals surface area contributed by atoms with Gasteiger partial charge in [0.2, 0.25) is 5.88 Å². The van der Waals surface area contributed by atoms with Crippen molar-refractivity contribution in [2.45, 2.75) is 18.9 Å². The lowest BCUT2D eigenvalue weighted by molar-refractivity contribution is 0.202. The molecule has 0 saturated carbocycles. The zero-order chi connectivity index (χ0) is 14.7. The number of methoxy groups -OCH3 is 1. The molecule has 0 amide bonds. The first-order valence-electron chi connectivity index (χ1n) is 6.92. The molecule has 0 radical (unpaired) electrons. The highest BCUT2D eigenvalue weighted by Crippen LogP contribution is 2.39. The molecule has 0 aliphatic carbocycles. The molecule has 1 aromatic carbocycles. The van der Waals surface area contributed by atoms with E-state index in [1.165, 1.54) is 12.2 Å². The number of thioether (sulfide) groups is 1. The maximum Gasteiger partial charge on any atom is 0.222 e. The van der Waals surface area contributed by atoms with E-state index in [9.17, 15) is 0 Å². The molecule has 112 valence electrons. The molecule has 1 fully saturated rings. The van der Waals surface area contributed by atoms with E-state index in [4.69, 9.17) is 19.7 Å². The van der Waals surface area contributed by atoms with Gasteiger partial charge < -0.3 is 19.7 Å². The van der Waals surface area contributed by atoms with Gasteiger partial charge in [-0.3, -0.25) is 0 Å². The van der Waals surface area contributed by atoms with Gasteiger partial charge in [-0.25, -0.2) is 0 Å². The zero-order valence-electron chi connectivity index (χ0n) is 11.9. The Morgan fingerprint density at radius 2 is 2.33 bits per heavy atom. The van der Waals surface area contributed by atoms with Crippen molar-refractivity contribution in [1.82, 2.24) is 5.16 Å². The van der Waals surface area contributed by atoms with Gasteiger partial charge in [-0.1, -0.05) is 11.2 Å². The van der Waals surface area contributed by atoms with Crippen LogP contribution < -0.4 is 15.2 Å². The minimum absolute atomic E-state index is 0.232. The molecule has 1 aliphatic heterocycles. The summed E-state index contributed by atoms with van der Waals surface area (Å²) in [5, 5.41) is 3.94. The van der Waals surface area contributed by atoms with E-state index in [1.54, 1.807) is 13.2 Å². The maximum atomic E-state index is 6.11. The zero-order valence-corrected chi connectivity index (χ0v) is 12.7. The average molecular weight is 306 g/mol. The first kappa shape index (κ1) is 14.1. The maximum absolute atomic E-state index is 6.11. The van der Waals surface area contributed by atoms with Gasteiger partial charge in [0.1, 0.15) is 11.8 Å². The van der Waals surface area contributed by atoms with Crippen LogP contribution in [0.4, 0.5) is 5.88 Å². The number of anilines is 1. The molecular weight excluding hydrogens is 288 g/mol. The van der Waals surface area contributed by atoms with Gasteiger partial charge >= 0.3 is 0 Å². The molecule has 1 saturated heterocycles. The smallest absolute Gasteiger partial charge is 0.222 e. The van der Waals surface area contributed by atoms with Crippen molar-refractivity contribution in [3.8, 4) is 22.8 Å². The van der Waals surface area contributed by atoms with Gasteiger partial charge in [-0.05, 0) is 30.7 Å². The highest BCUT2D eigenvalue weighted by atomic mass is 32.2. The Morgan fingerprint density at radius 1 is 1.43 bits per heavy atom. The number of nitrogens with two attached hydrogens (primary N) is 1. The van der Waals surface area contributed by atoms with Gasteiger partial charge in [-0.15, -0.1) is 0 Å². The first-order chi connectivity index (χ1) is 10.3. The minimum Gasteiger partial charge on any atom is -0.492 e. The Kier molecular flexibility index (Phi) is 4.24. The standard InChI is InChI=1S/C15H18N2O3S/c1-18-15-11(12-8-14(16)20-17-12)5-2-6-13(15)19-10-4-3-7-21-9-10/h2,5-6,8,10H,3-4,7,9,16H2,1H3. The van der Waals surface area contributed by atoms with E-state index in [0.29, 0.717) is 11.4 Å². The van der Waals surface area contributed by atoms with Crippen molar-refractivity contribution in [2.75, 3.05) is 24.3 Å². The van der Waals surface area contributed by atoms with Crippen LogP contribution in [-0.2, 0) is 0 Å². The number of aromatic nitrogens is 1. The van der Waals surface area contributed by atoms with Crippen LogP contribution in [0, 0.1) is 0 Å². The molecule has 1 atom stereocenters. The highest BCUT2D eigenvalue weighted by molar-refractivity contribution is 7.99. The molecule has 21 heavy (non-hydrogen) atoms. The fraction of sp³-hybridized carbons (Fsp3) is 0.400. The van der Waals surface area contributed by atoms with E-state index in [2.05, 4.69) is 5.16 Å². The molecule has 5 nitrogen and oxygen atoms in total. The Hall–Kier alpha value is -1.82. The van der Waals surface area contributed by atoms with Crippen molar-refractivity contribution in [3.05, 3.63) is 24.3 Å². The monoisotopic (exact) mass is 306 g/mol. The number of hydrogen-bond donors (Lipinski definition) is 1. The molecule has 1 unspecified atom stereocenters. The SMILES string of the molecule is COc1c(OC2CCCSC2)cccc1-c1cc(N)on1. The quantitative estimate of drug-likeness (QED) is 0.935. The minimum atomic E-state index is 0.232. The van der Waals surface area contributed by atoms with Crippen molar-refractivity contribution >= 4 is 17.6 Å². The molecule has 2 aromatic rings. The van der Waals surface area contributed by atoms with Crippen LogP contribution in [0.2, 0.25) is 0 Å². The Balaban J connectivity index is 1.90. The molecule has 0 spiro atoms. The summed E-state index contributed by atoms with van der Waals surface area (Å²) in [6.45, 7) is 0. The second kappa shape index (κ2) is 6.30. The van der Waals surface area contributed by atoms with Crippen LogP contribution in [0.5, 0.6) is 11.5 Å². The van der Waals surface area contributed by atoms with Gasteiger partial charge in [-0.2, -0.15) is 11.8 Å². The molecule has 6 heteroatoms. The Morgan fingerprint density at radius 3 is 3.00 bits per heavy atom. The number of para-hydroxylation sites is 1. The lowest BCUT2D eigenvalue weighted by atomic mass is 10.1. The lowest BCUT2D eigenvalue weighted by Gasteiger charge is -2.24. The summed E-state index contributed by atoms with van der Waals surface area (Å²) in [6, 6.07) is 7.44. The van der Waals surface area contributed by atoms with Gasteiger partial charge in [0.05, 0.1) is 7.11 Å². The summed E-state index contributed by atoms with van der Waals surface area (Å²) >= 11 is 1.93. The van der Waals surface area contributed by atoms with Crippen molar-refractivity contribution < 1.29 is 14.0 Å². The fourth-order valence-electron chi connectivity index (χ4n) is 2.42. The highest BCUT2D eigenvalue weighted by Gasteiger charge is 2.20. The summed E-state index contributed by atoms with van der Waals surface area (Å²) in [5.74, 6) is 3.92. The molecule has 1 aliphatic rings. The van der Waals surface area contributed by atoms with Crippen LogP contribution in [-0.4, -0.2) is 29.9 Å². The van der Waals surface area contributed by atoms with Crippen LogP contribution in [0.15, 0.2) is 28.8 Å². The molecule has 3 rings (SSSR count). The van der Waals surface area contributed by atoms with Gasteiger partial charge in [0.15, 0.2) is 11.5 Å². The summed E-state index contributed by atoms with van der Waals surface area (Å²) in [6.07, 6.45) is 2.50. The fourth-order valence-corrected chi connectivity index (χ4v) is 3.46. The van der Waals surface area contributed by atoms with E-state index < -0.39 is 0 Å². The topological polar surface area (TPSA) is 70.5 Å². The molecule has 1 aromatic heterocycles. The van der Waals surface area contributed by atoms with Crippen molar-refractivity contribution in [3.63, 3.8) is 0 Å². The van der Waals surface area contributed by atoms with Crippen LogP contribution in [0.1, 0.15) is 12.8 Å². The summed E-state index contributed by atoms with van der Waals surface area (Å²) in [7, 11) is 1.63. The van der Waals surface area contributed by atoms with Crippen molar-refractivity contribution in [2.24, 2.45) is 0 Å². The summed E-state index contributed by atoms with van der Waals surface area (Å²) < 4.78 is 16.6. The number of rotatable bonds is 4. The number of nitrogen functional groups attached to an aromatic ring is 1. The number of benzene rings is 1. The third kappa shape index (κ3) is 3.10. The predicted octanol–water partition coefficient (Wildman–Crippen LogP) is 3.21. The largest absolute Gasteiger partial charge is 0.492 e.